The van der Waals surface area contributed by atoms with Crippen LogP contribution in [0.4, 0.5) is 5.69 Å². The van der Waals surface area contributed by atoms with Crippen LogP contribution in [0, 0.1) is 11.3 Å². The molecule has 7 nitrogen and oxygen atoms in total. The zero-order valence-electron chi connectivity index (χ0n) is 13.5. The zero-order chi connectivity index (χ0) is 18.2. The summed E-state index contributed by atoms with van der Waals surface area (Å²) in [6, 6.07) is 14.6. The molecule has 0 unspecified atom stereocenters. The van der Waals surface area contributed by atoms with Crippen molar-refractivity contribution in [2.24, 2.45) is 0 Å². The number of hydrogen-bond donors (Lipinski definition) is 1. The van der Waals surface area contributed by atoms with Gasteiger partial charge in [-0.05, 0) is 24.3 Å². The number of benzene rings is 2. The average Bonchev–Trinajstić information content (AvgIpc) is 2.64. The van der Waals surface area contributed by atoms with Gasteiger partial charge >= 0.3 is 5.97 Å². The fourth-order valence-electron chi connectivity index (χ4n) is 2.10. The summed E-state index contributed by atoms with van der Waals surface area (Å²) in [7, 11) is 1.43. The van der Waals surface area contributed by atoms with Crippen LogP contribution in [0.5, 0.6) is 11.5 Å². The van der Waals surface area contributed by atoms with Gasteiger partial charge in [-0.2, -0.15) is 5.26 Å². The van der Waals surface area contributed by atoms with Gasteiger partial charge in [-0.3, -0.25) is 9.69 Å². The van der Waals surface area contributed by atoms with Gasteiger partial charge in [0.05, 0.1) is 13.2 Å². The van der Waals surface area contributed by atoms with E-state index < -0.39 is 18.5 Å². The Kier molecular flexibility index (Phi) is 5.96. The molecule has 128 valence electrons. The molecule has 0 bridgehead atoms. The number of esters is 1. The molecule has 25 heavy (non-hydrogen) atoms. The number of anilines is 1. The highest BCUT2D eigenvalue weighted by atomic mass is 16.5. The highest BCUT2D eigenvalue weighted by Gasteiger charge is 2.19. The second-order valence-electron chi connectivity index (χ2n) is 4.93. The molecule has 2 aromatic rings. The number of hydrogen-bond acceptors (Lipinski definition) is 6. The molecule has 0 aliphatic rings. The lowest BCUT2D eigenvalue weighted by Gasteiger charge is -2.19. The molecule has 0 radical (unpaired) electrons. The first kappa shape index (κ1) is 17.8. The number of phenolic OH excluding ortho intramolecular Hbond substituents is 1. The predicted molar refractivity (Wildman–Crippen MR) is 89.3 cm³/mol. The molecule has 2 aromatic carbocycles. The lowest BCUT2D eigenvalue weighted by Crippen LogP contribution is -2.35. The number of aromatic hydroxyl groups is 1. The normalized spacial score (nSPS) is 9.76. The molecular formula is C18H16N2O5. The van der Waals surface area contributed by atoms with Crippen LogP contribution in [0.3, 0.4) is 0 Å². The summed E-state index contributed by atoms with van der Waals surface area (Å²) < 4.78 is 9.88. The van der Waals surface area contributed by atoms with E-state index in [-0.39, 0.29) is 17.9 Å². The third-order valence-electron chi connectivity index (χ3n) is 3.35. The van der Waals surface area contributed by atoms with E-state index in [2.05, 4.69) is 0 Å². The van der Waals surface area contributed by atoms with Gasteiger partial charge in [0.1, 0.15) is 23.6 Å². The topological polar surface area (TPSA) is 99.9 Å². The summed E-state index contributed by atoms with van der Waals surface area (Å²) in [6.07, 6.45) is 0. The van der Waals surface area contributed by atoms with Gasteiger partial charge in [0, 0.05) is 11.8 Å². The van der Waals surface area contributed by atoms with Crippen molar-refractivity contribution in [3.8, 4) is 17.6 Å². The van der Waals surface area contributed by atoms with E-state index in [1.807, 2.05) is 6.07 Å². The summed E-state index contributed by atoms with van der Waals surface area (Å²) in [4.78, 5) is 25.5. The van der Waals surface area contributed by atoms with Crippen LogP contribution >= 0.6 is 0 Å². The Morgan fingerprint density at radius 2 is 1.92 bits per heavy atom. The first-order valence-electron chi connectivity index (χ1n) is 7.33. The largest absolute Gasteiger partial charge is 0.507 e. The van der Waals surface area contributed by atoms with E-state index in [9.17, 15) is 14.7 Å². The average molecular weight is 340 g/mol. The Labute approximate surface area is 144 Å². The van der Waals surface area contributed by atoms with Crippen LogP contribution in [0.2, 0.25) is 0 Å². The lowest BCUT2D eigenvalue weighted by atomic mass is 10.2. The number of phenols is 1. The van der Waals surface area contributed by atoms with Crippen LogP contribution in [0.25, 0.3) is 0 Å². The molecule has 0 atom stereocenters. The molecule has 0 saturated heterocycles. The van der Waals surface area contributed by atoms with Crippen LogP contribution in [0.1, 0.15) is 10.4 Å². The molecular weight excluding hydrogens is 324 g/mol. The summed E-state index contributed by atoms with van der Waals surface area (Å²) in [5.41, 5.74) is 0.442. The summed E-state index contributed by atoms with van der Waals surface area (Å²) >= 11 is 0. The van der Waals surface area contributed by atoms with E-state index in [1.165, 1.54) is 30.2 Å². The van der Waals surface area contributed by atoms with Crippen molar-refractivity contribution in [2.45, 2.75) is 0 Å². The molecule has 0 fully saturated rings. The van der Waals surface area contributed by atoms with Crippen molar-refractivity contribution < 1.29 is 24.2 Å². The second kappa shape index (κ2) is 8.36. The summed E-state index contributed by atoms with van der Waals surface area (Å²) in [6.45, 7) is -0.727. The Balaban J connectivity index is 2.05. The van der Waals surface area contributed by atoms with Gasteiger partial charge in [0.2, 0.25) is 0 Å². The van der Waals surface area contributed by atoms with Crippen LogP contribution in [-0.4, -0.2) is 37.2 Å². The van der Waals surface area contributed by atoms with Gasteiger partial charge in [-0.15, -0.1) is 0 Å². The lowest BCUT2D eigenvalue weighted by molar-refractivity contribution is -0.121. The molecule has 1 N–H and O–H groups in total. The van der Waals surface area contributed by atoms with E-state index >= 15 is 0 Å². The molecule has 0 aliphatic carbocycles. The maximum absolute atomic E-state index is 12.3. The SMILES string of the molecule is COc1ccc(C(=O)OCC(=O)N(CC#N)c2ccccc2)c(O)c1. The minimum absolute atomic E-state index is 0.0832. The smallest absolute Gasteiger partial charge is 0.342 e. The van der Waals surface area contributed by atoms with Crippen LogP contribution < -0.4 is 9.64 Å². The Hall–Kier alpha value is -3.53. The van der Waals surface area contributed by atoms with Crippen molar-refractivity contribution in [1.82, 2.24) is 0 Å². The number of carbonyl (C=O) groups is 2. The molecule has 0 heterocycles. The number of carbonyl (C=O) groups excluding carboxylic acids is 2. The van der Waals surface area contributed by atoms with Gasteiger partial charge in [-0.25, -0.2) is 4.79 Å². The fraction of sp³-hybridized carbons (Fsp3) is 0.167. The van der Waals surface area contributed by atoms with E-state index in [4.69, 9.17) is 14.7 Å². The summed E-state index contributed by atoms with van der Waals surface area (Å²) in [5, 5.41) is 18.7. The third kappa shape index (κ3) is 4.48. The molecule has 2 rings (SSSR count). The maximum Gasteiger partial charge on any atom is 0.342 e. The zero-order valence-corrected chi connectivity index (χ0v) is 13.5. The first-order chi connectivity index (χ1) is 12.1. The van der Waals surface area contributed by atoms with Gasteiger partial charge in [-0.1, -0.05) is 18.2 Å². The molecule has 0 spiro atoms. The van der Waals surface area contributed by atoms with Crippen LogP contribution in [-0.2, 0) is 9.53 Å². The number of nitrogens with zero attached hydrogens (tertiary/aromatic N) is 2. The number of amides is 1. The monoisotopic (exact) mass is 340 g/mol. The minimum atomic E-state index is -0.849. The number of methoxy groups -OCH3 is 1. The fourth-order valence-corrected chi connectivity index (χ4v) is 2.10. The highest BCUT2D eigenvalue weighted by molar-refractivity contribution is 5.98. The van der Waals surface area contributed by atoms with Gasteiger partial charge < -0.3 is 14.6 Å². The van der Waals surface area contributed by atoms with E-state index in [0.29, 0.717) is 11.4 Å². The van der Waals surface area contributed by atoms with Gasteiger partial charge in [0.25, 0.3) is 5.91 Å². The molecule has 0 aromatic heterocycles. The van der Waals surface area contributed by atoms with E-state index in [1.54, 1.807) is 30.3 Å². The standard InChI is InChI=1S/C18H16N2O5/c1-24-14-7-8-15(16(21)11-14)18(23)25-12-17(22)20(10-9-19)13-5-3-2-4-6-13/h2-8,11,21H,10,12H2,1H3. The molecule has 0 aliphatic heterocycles. The summed E-state index contributed by atoms with van der Waals surface area (Å²) in [5.74, 6) is -1.32. The first-order valence-corrected chi connectivity index (χ1v) is 7.33. The van der Waals surface area contributed by atoms with Crippen molar-refractivity contribution in [1.29, 1.82) is 5.26 Å². The Morgan fingerprint density at radius 1 is 1.20 bits per heavy atom. The predicted octanol–water partition coefficient (Wildman–Crippen LogP) is 2.11. The number of rotatable bonds is 6. The highest BCUT2D eigenvalue weighted by Crippen LogP contribution is 2.24. The van der Waals surface area contributed by atoms with Crippen molar-refractivity contribution >= 4 is 17.6 Å². The molecule has 7 heteroatoms. The molecule has 0 saturated carbocycles. The number of ether oxygens (including phenoxy) is 2. The number of para-hydroxylation sites is 1. The molecule has 1 amide bonds. The maximum atomic E-state index is 12.3. The van der Waals surface area contributed by atoms with Crippen molar-refractivity contribution in [3.05, 3.63) is 54.1 Å². The Morgan fingerprint density at radius 3 is 2.52 bits per heavy atom. The Bertz CT molecular complexity index is 799. The van der Waals surface area contributed by atoms with Crippen LogP contribution in [0.15, 0.2) is 48.5 Å². The minimum Gasteiger partial charge on any atom is -0.507 e. The second-order valence-corrected chi connectivity index (χ2v) is 4.93. The van der Waals surface area contributed by atoms with E-state index in [0.717, 1.165) is 0 Å². The van der Waals surface area contributed by atoms with Crippen molar-refractivity contribution in [3.63, 3.8) is 0 Å². The number of nitriles is 1. The van der Waals surface area contributed by atoms with Crippen molar-refractivity contribution in [2.75, 3.05) is 25.2 Å². The van der Waals surface area contributed by atoms with Gasteiger partial charge in [0.15, 0.2) is 6.61 Å². The third-order valence-corrected chi connectivity index (χ3v) is 3.35. The quantitative estimate of drug-likeness (QED) is 0.638.